The van der Waals surface area contributed by atoms with Gasteiger partial charge in [-0.2, -0.15) is 0 Å². The van der Waals surface area contributed by atoms with Crippen LogP contribution in [-0.2, 0) is 0 Å². The lowest BCUT2D eigenvalue weighted by Gasteiger charge is -1.85. The molecule has 0 aromatic heterocycles. The predicted octanol–water partition coefficient (Wildman–Crippen LogP) is -2.21. The molecule has 0 atom stereocenters. The maximum absolute atomic E-state index is 5.10. The van der Waals surface area contributed by atoms with E-state index in [1.165, 1.54) is 6.20 Å². The van der Waals surface area contributed by atoms with E-state index in [0.717, 1.165) is 5.84 Å². The molecule has 0 aliphatic rings. The van der Waals surface area contributed by atoms with E-state index in [2.05, 4.69) is 10.3 Å². The van der Waals surface area contributed by atoms with Gasteiger partial charge in [-0.05, 0) is 0 Å². The number of rotatable bonds is 1. The molecular weight excluding hydrogens is 102 g/mol. The molecule has 0 aromatic carbocycles. The fraction of sp³-hybridized carbons (Fsp3) is 0.400. The van der Waals surface area contributed by atoms with Gasteiger partial charge in [0.1, 0.15) is 0 Å². The molecule has 0 spiro atoms. The van der Waals surface area contributed by atoms with Gasteiger partial charge < -0.3 is 5.73 Å². The molecule has 0 radical (unpaired) electrons. The van der Waals surface area contributed by atoms with E-state index in [9.17, 15) is 0 Å². The van der Waals surface area contributed by atoms with E-state index in [1.54, 1.807) is 6.08 Å². The second-order valence-electron chi connectivity index (χ2n) is 1.27. The molecule has 0 bridgehead atoms. The zero-order valence-corrected chi connectivity index (χ0v) is 5.23. The minimum absolute atomic E-state index is 0.910. The molecule has 3 heteroatoms. The first-order chi connectivity index (χ1) is 3.85. The van der Waals surface area contributed by atoms with Crippen molar-refractivity contribution in [1.29, 1.82) is 0 Å². The molecule has 0 saturated carbocycles. The molecule has 0 heterocycles. The number of hydrogen-bond donors (Lipinski definition) is 3. The third-order valence-corrected chi connectivity index (χ3v) is 0.802. The average molecular weight is 114 g/mol. The highest BCUT2D eigenvalue weighted by Crippen LogP contribution is 1.57. The highest BCUT2D eigenvalue weighted by atomic mass is 14.9. The van der Waals surface area contributed by atoms with Crippen molar-refractivity contribution < 1.29 is 4.99 Å². The summed E-state index contributed by atoms with van der Waals surface area (Å²) in [6, 6.07) is 0. The molecule has 0 aliphatic heterocycles. The van der Waals surface area contributed by atoms with E-state index < -0.39 is 0 Å². The van der Waals surface area contributed by atoms with Crippen LogP contribution in [0, 0.1) is 0 Å². The maximum Gasteiger partial charge on any atom is 0.268 e. The fourth-order valence-electron chi connectivity index (χ4n) is 0.388. The molecule has 0 rings (SSSR count). The molecule has 0 unspecified atom stereocenters. The number of hydrogen-bond acceptors (Lipinski definition) is 1. The molecule has 0 aliphatic carbocycles. The predicted molar refractivity (Wildman–Crippen MR) is 34.3 cm³/mol. The second-order valence-corrected chi connectivity index (χ2v) is 1.27. The summed E-state index contributed by atoms with van der Waals surface area (Å²) < 4.78 is 0. The summed E-state index contributed by atoms with van der Waals surface area (Å²) in [4.78, 5) is 2.89. The summed E-state index contributed by atoms with van der Waals surface area (Å²) in [5.41, 5.74) is 5.10. The highest BCUT2D eigenvalue weighted by molar-refractivity contribution is 5.87. The van der Waals surface area contributed by atoms with Crippen LogP contribution in [0.3, 0.4) is 0 Å². The van der Waals surface area contributed by atoms with Crippen LogP contribution in [-0.4, -0.2) is 19.9 Å². The first kappa shape index (κ1) is 7.01. The molecular formula is C5H12N3+. The Morgan fingerprint density at radius 2 is 2.38 bits per heavy atom. The Bertz CT molecular complexity index is 101. The Labute approximate surface area is 49.3 Å². The van der Waals surface area contributed by atoms with Crippen LogP contribution in [0.15, 0.2) is 12.3 Å². The van der Waals surface area contributed by atoms with Crippen molar-refractivity contribution in [2.75, 3.05) is 14.1 Å². The second kappa shape index (κ2) is 4.18. The summed E-state index contributed by atoms with van der Waals surface area (Å²) in [6.45, 7) is 0. The first-order valence-corrected chi connectivity index (χ1v) is 2.46. The van der Waals surface area contributed by atoms with E-state index in [-0.39, 0.29) is 0 Å². The zero-order valence-electron chi connectivity index (χ0n) is 5.23. The molecule has 3 nitrogen and oxygen atoms in total. The molecule has 8 heavy (non-hydrogen) atoms. The average Bonchev–Trinajstić information content (AvgIpc) is 1.83. The van der Waals surface area contributed by atoms with Crippen molar-refractivity contribution >= 4 is 5.84 Å². The van der Waals surface area contributed by atoms with Crippen LogP contribution in [0.5, 0.6) is 0 Å². The fourth-order valence-corrected chi connectivity index (χ4v) is 0.388. The summed E-state index contributed by atoms with van der Waals surface area (Å²) in [5.74, 6) is 0.910. The minimum Gasteiger partial charge on any atom is -0.404 e. The summed E-state index contributed by atoms with van der Waals surface area (Å²) >= 11 is 0. The Morgan fingerprint density at radius 3 is 2.50 bits per heavy atom. The topological polar surface area (TPSA) is 52.0 Å². The first-order valence-electron chi connectivity index (χ1n) is 2.46. The maximum atomic E-state index is 5.10. The van der Waals surface area contributed by atoms with Gasteiger partial charge in [-0.25, -0.2) is 0 Å². The van der Waals surface area contributed by atoms with Gasteiger partial charge in [-0.15, -0.1) is 0 Å². The lowest BCUT2D eigenvalue weighted by Crippen LogP contribution is -2.70. The Kier molecular flexibility index (Phi) is 3.66. The molecule has 0 aromatic rings. The molecule has 0 saturated heterocycles. The van der Waals surface area contributed by atoms with Crippen LogP contribution in [0.2, 0.25) is 0 Å². The number of amidine groups is 1. The number of likely N-dealkylation sites (N-methyl/N-ethyl adjacent to an activating group) is 1. The van der Waals surface area contributed by atoms with Gasteiger partial charge in [0.2, 0.25) is 0 Å². The number of nitrogens with two attached hydrogens (primary N) is 1. The van der Waals surface area contributed by atoms with Crippen molar-refractivity contribution in [2.24, 2.45) is 5.73 Å². The van der Waals surface area contributed by atoms with E-state index in [1.807, 2.05) is 14.1 Å². The Hall–Kier alpha value is -0.990. The molecule has 4 N–H and O–H groups in total. The van der Waals surface area contributed by atoms with Crippen LogP contribution >= 0.6 is 0 Å². The van der Waals surface area contributed by atoms with Crippen molar-refractivity contribution in [1.82, 2.24) is 5.32 Å². The van der Waals surface area contributed by atoms with Crippen LogP contribution in [0.4, 0.5) is 0 Å². The van der Waals surface area contributed by atoms with E-state index in [0.29, 0.717) is 0 Å². The van der Waals surface area contributed by atoms with Crippen LogP contribution < -0.4 is 16.0 Å². The van der Waals surface area contributed by atoms with Gasteiger partial charge in [0.15, 0.2) is 0 Å². The smallest absolute Gasteiger partial charge is 0.268 e. The lowest BCUT2D eigenvalue weighted by atomic mass is 10.5. The van der Waals surface area contributed by atoms with Gasteiger partial charge in [0, 0.05) is 12.3 Å². The third-order valence-electron chi connectivity index (χ3n) is 0.802. The highest BCUT2D eigenvalue weighted by Gasteiger charge is 1.88. The van der Waals surface area contributed by atoms with Gasteiger partial charge in [0.25, 0.3) is 5.84 Å². The van der Waals surface area contributed by atoms with Gasteiger partial charge in [-0.3, -0.25) is 10.3 Å². The van der Waals surface area contributed by atoms with Crippen molar-refractivity contribution in [3.05, 3.63) is 12.3 Å². The Morgan fingerprint density at radius 1 is 1.75 bits per heavy atom. The van der Waals surface area contributed by atoms with Gasteiger partial charge in [-0.1, -0.05) is 0 Å². The zero-order chi connectivity index (χ0) is 6.41. The molecule has 0 amide bonds. The van der Waals surface area contributed by atoms with Crippen molar-refractivity contribution in [2.45, 2.75) is 0 Å². The summed E-state index contributed by atoms with van der Waals surface area (Å²) in [5, 5.41) is 2.89. The summed E-state index contributed by atoms with van der Waals surface area (Å²) in [6.07, 6.45) is 3.22. The number of nitrogens with one attached hydrogen (secondary N) is 2. The SMILES string of the molecule is CNC(C=CN)=[NH+]C. The standard InChI is InChI=1S/C5H11N3/c1-7-5(8-2)3-4-6/h3-4H,6H2,1-2H3,(H,7,8)/p+1. The summed E-state index contributed by atoms with van der Waals surface area (Å²) in [7, 11) is 3.65. The van der Waals surface area contributed by atoms with Gasteiger partial charge in [0.05, 0.1) is 14.1 Å². The molecule has 0 fully saturated rings. The van der Waals surface area contributed by atoms with Gasteiger partial charge >= 0.3 is 0 Å². The third kappa shape index (κ3) is 2.23. The minimum atomic E-state index is 0.910. The van der Waals surface area contributed by atoms with Crippen molar-refractivity contribution in [3.8, 4) is 0 Å². The van der Waals surface area contributed by atoms with Crippen LogP contribution in [0.25, 0.3) is 0 Å². The quantitative estimate of drug-likeness (QED) is 0.267. The van der Waals surface area contributed by atoms with E-state index in [4.69, 9.17) is 5.73 Å². The largest absolute Gasteiger partial charge is 0.404 e. The monoisotopic (exact) mass is 114 g/mol. The van der Waals surface area contributed by atoms with E-state index >= 15 is 0 Å². The normalized spacial score (nSPS) is 12.5. The Balaban J connectivity index is 3.72. The lowest BCUT2D eigenvalue weighted by molar-refractivity contribution is -0.421. The van der Waals surface area contributed by atoms with Crippen molar-refractivity contribution in [3.63, 3.8) is 0 Å². The molecule has 46 valence electrons. The van der Waals surface area contributed by atoms with Crippen LogP contribution in [0.1, 0.15) is 0 Å².